The van der Waals surface area contributed by atoms with Gasteiger partial charge in [-0.05, 0) is 31.2 Å². The first-order valence-electron chi connectivity index (χ1n) is 8.50. The predicted octanol–water partition coefficient (Wildman–Crippen LogP) is -0.830. The Morgan fingerprint density at radius 3 is 2.35 bits per heavy atom. The van der Waals surface area contributed by atoms with Crippen LogP contribution in [0.2, 0.25) is 5.02 Å². The maximum absolute atomic E-state index is 12.7. The minimum absolute atomic E-state index is 0.211. The van der Waals surface area contributed by atoms with E-state index in [1.807, 2.05) is 0 Å². The molecule has 1 atom stereocenters. The summed E-state index contributed by atoms with van der Waals surface area (Å²) in [5.74, 6) is -0.219. The van der Waals surface area contributed by atoms with Crippen molar-refractivity contribution in [1.29, 1.82) is 0 Å². The van der Waals surface area contributed by atoms with Crippen molar-refractivity contribution in [3.63, 3.8) is 0 Å². The van der Waals surface area contributed by atoms with Crippen LogP contribution in [0.3, 0.4) is 0 Å². The number of nitrogens with one attached hydrogen (secondary N) is 2. The molecule has 0 unspecified atom stereocenters. The predicted molar refractivity (Wildman–Crippen MR) is 95.5 cm³/mol. The lowest BCUT2D eigenvalue weighted by Crippen LogP contribution is -3.19. The summed E-state index contributed by atoms with van der Waals surface area (Å²) in [5.41, 5.74) is 0. The Balaban J connectivity index is 1.62. The zero-order valence-corrected chi connectivity index (χ0v) is 16.0. The van der Waals surface area contributed by atoms with Gasteiger partial charge >= 0.3 is 6.03 Å². The van der Waals surface area contributed by atoms with Gasteiger partial charge < -0.3 is 10.2 Å². The lowest BCUT2D eigenvalue weighted by atomic mass is 10.2. The molecule has 3 amide bonds. The molecule has 0 bridgehead atoms. The van der Waals surface area contributed by atoms with Crippen molar-refractivity contribution in [2.45, 2.75) is 17.9 Å². The number of imide groups is 1. The molecule has 142 valence electrons. The number of carbonyl (C=O) groups excluding carboxylic acids is 2. The minimum atomic E-state index is -3.57. The molecule has 0 aromatic heterocycles. The van der Waals surface area contributed by atoms with Crippen LogP contribution in [-0.4, -0.2) is 74.9 Å². The third-order valence-corrected chi connectivity index (χ3v) is 7.09. The van der Waals surface area contributed by atoms with E-state index in [1.165, 1.54) is 21.3 Å². The maximum atomic E-state index is 12.7. The van der Waals surface area contributed by atoms with E-state index in [2.05, 4.69) is 5.32 Å². The SMILES string of the molecule is C[C@@H](C(=O)N1CCNC1=O)[NH+]1CCN(S(=O)(=O)c2ccc(Cl)cc2)CC1. The molecule has 0 saturated carbocycles. The Bertz CT molecular complexity index is 791. The molecule has 2 aliphatic rings. The lowest BCUT2D eigenvalue weighted by molar-refractivity contribution is -0.917. The molecule has 2 fully saturated rings. The Morgan fingerprint density at radius 1 is 1.19 bits per heavy atom. The molecular formula is C16H22ClN4O4S+. The summed E-state index contributed by atoms with van der Waals surface area (Å²) in [7, 11) is -3.57. The van der Waals surface area contributed by atoms with E-state index in [0.29, 0.717) is 44.3 Å². The number of hydrogen-bond donors (Lipinski definition) is 2. The Hall–Kier alpha value is -1.68. The van der Waals surface area contributed by atoms with Crippen LogP contribution in [0.1, 0.15) is 6.92 Å². The molecule has 2 N–H and O–H groups in total. The highest BCUT2D eigenvalue weighted by atomic mass is 35.5. The van der Waals surface area contributed by atoms with Gasteiger partial charge in [0, 0.05) is 18.1 Å². The molecule has 1 aromatic carbocycles. The van der Waals surface area contributed by atoms with E-state index in [1.54, 1.807) is 19.1 Å². The summed E-state index contributed by atoms with van der Waals surface area (Å²) < 4.78 is 26.8. The van der Waals surface area contributed by atoms with Crippen LogP contribution >= 0.6 is 11.6 Å². The number of amides is 3. The molecular weight excluding hydrogens is 380 g/mol. The van der Waals surface area contributed by atoms with Gasteiger partial charge in [0.1, 0.15) is 0 Å². The van der Waals surface area contributed by atoms with Gasteiger partial charge in [0.05, 0.1) is 31.1 Å². The Labute approximate surface area is 157 Å². The highest BCUT2D eigenvalue weighted by Crippen LogP contribution is 2.18. The summed E-state index contributed by atoms with van der Waals surface area (Å²) in [6.07, 6.45) is 0. The second kappa shape index (κ2) is 7.51. The number of carbonyl (C=O) groups is 2. The number of piperazine rings is 1. The molecule has 2 saturated heterocycles. The standard InChI is InChI=1S/C16H21ClN4O4S/c1-12(15(22)21-7-6-18-16(21)23)19-8-10-20(11-9-19)26(24,25)14-4-2-13(17)3-5-14/h2-5,12H,6-11H2,1H3,(H,18,23)/p+1/t12-/m0/s1. The third-order valence-electron chi connectivity index (χ3n) is 4.92. The maximum Gasteiger partial charge on any atom is 0.324 e. The van der Waals surface area contributed by atoms with Gasteiger partial charge in [0.2, 0.25) is 10.0 Å². The zero-order valence-electron chi connectivity index (χ0n) is 14.4. The van der Waals surface area contributed by atoms with Crippen molar-refractivity contribution < 1.29 is 22.9 Å². The molecule has 3 rings (SSSR count). The molecule has 1 aromatic rings. The van der Waals surface area contributed by atoms with Crippen molar-refractivity contribution in [1.82, 2.24) is 14.5 Å². The first-order valence-corrected chi connectivity index (χ1v) is 10.3. The summed E-state index contributed by atoms with van der Waals surface area (Å²) in [6.45, 7) is 4.30. The molecule has 10 heteroatoms. The quantitative estimate of drug-likeness (QED) is 0.689. The summed E-state index contributed by atoms with van der Waals surface area (Å²) in [5, 5.41) is 3.10. The second-order valence-corrected chi connectivity index (χ2v) is 8.83. The minimum Gasteiger partial charge on any atom is -0.336 e. The number of quaternary nitrogens is 1. The van der Waals surface area contributed by atoms with Crippen LogP contribution in [0.4, 0.5) is 4.79 Å². The fourth-order valence-corrected chi connectivity index (χ4v) is 4.86. The number of sulfonamides is 1. The van der Waals surface area contributed by atoms with Crippen molar-refractivity contribution in [3.8, 4) is 0 Å². The van der Waals surface area contributed by atoms with Gasteiger partial charge in [-0.3, -0.25) is 9.69 Å². The van der Waals surface area contributed by atoms with Crippen molar-refractivity contribution >= 4 is 33.6 Å². The molecule has 0 spiro atoms. The lowest BCUT2D eigenvalue weighted by Gasteiger charge is -2.34. The van der Waals surface area contributed by atoms with E-state index in [4.69, 9.17) is 11.6 Å². The first kappa shape index (κ1) is 19.1. The van der Waals surface area contributed by atoms with Crippen molar-refractivity contribution in [3.05, 3.63) is 29.3 Å². The van der Waals surface area contributed by atoms with Crippen molar-refractivity contribution in [2.24, 2.45) is 0 Å². The van der Waals surface area contributed by atoms with Gasteiger partial charge in [-0.1, -0.05) is 11.6 Å². The van der Waals surface area contributed by atoms with E-state index < -0.39 is 10.0 Å². The van der Waals surface area contributed by atoms with Crippen LogP contribution in [0.15, 0.2) is 29.2 Å². The highest BCUT2D eigenvalue weighted by molar-refractivity contribution is 7.89. The summed E-state index contributed by atoms with van der Waals surface area (Å²) in [4.78, 5) is 26.6. The molecule has 2 heterocycles. The smallest absolute Gasteiger partial charge is 0.324 e. The van der Waals surface area contributed by atoms with Gasteiger partial charge in [0.15, 0.2) is 6.04 Å². The van der Waals surface area contributed by atoms with Crippen LogP contribution in [0.5, 0.6) is 0 Å². The van der Waals surface area contributed by atoms with Crippen molar-refractivity contribution in [2.75, 3.05) is 39.3 Å². The highest BCUT2D eigenvalue weighted by Gasteiger charge is 2.38. The van der Waals surface area contributed by atoms with Gasteiger partial charge in [-0.15, -0.1) is 0 Å². The molecule has 8 nitrogen and oxygen atoms in total. The normalized spacial score (nSPS) is 20.8. The third kappa shape index (κ3) is 3.71. The zero-order chi connectivity index (χ0) is 18.9. The van der Waals surface area contributed by atoms with Gasteiger partial charge in [-0.2, -0.15) is 4.31 Å². The fourth-order valence-electron chi connectivity index (χ4n) is 3.29. The monoisotopic (exact) mass is 401 g/mol. The molecule has 0 aliphatic carbocycles. The van der Waals surface area contributed by atoms with Gasteiger partial charge in [0.25, 0.3) is 5.91 Å². The van der Waals surface area contributed by atoms with Crippen LogP contribution < -0.4 is 10.2 Å². The number of hydrogen-bond acceptors (Lipinski definition) is 4. The Kier molecular flexibility index (Phi) is 5.52. The second-order valence-electron chi connectivity index (χ2n) is 6.46. The number of rotatable bonds is 4. The van der Waals surface area contributed by atoms with Gasteiger partial charge in [-0.25, -0.2) is 13.2 Å². The largest absolute Gasteiger partial charge is 0.336 e. The average Bonchev–Trinajstić information content (AvgIpc) is 3.07. The topological polar surface area (TPSA) is 91.2 Å². The van der Waals surface area contributed by atoms with Crippen LogP contribution in [0, 0.1) is 0 Å². The van der Waals surface area contributed by atoms with E-state index >= 15 is 0 Å². The Morgan fingerprint density at radius 2 is 1.81 bits per heavy atom. The number of halogens is 1. The van der Waals surface area contributed by atoms with Crippen LogP contribution in [-0.2, 0) is 14.8 Å². The fraction of sp³-hybridized carbons (Fsp3) is 0.500. The molecule has 2 aliphatic heterocycles. The summed E-state index contributed by atoms with van der Waals surface area (Å²) in [6, 6.07) is 5.35. The van der Waals surface area contributed by atoms with Crippen LogP contribution in [0.25, 0.3) is 0 Å². The average molecular weight is 402 g/mol. The van der Waals surface area contributed by atoms with E-state index in [9.17, 15) is 18.0 Å². The number of nitrogens with zero attached hydrogens (tertiary/aromatic N) is 2. The van der Waals surface area contributed by atoms with E-state index in [-0.39, 0.29) is 22.9 Å². The number of urea groups is 1. The first-order chi connectivity index (χ1) is 12.3. The number of benzene rings is 1. The summed E-state index contributed by atoms with van der Waals surface area (Å²) >= 11 is 5.82. The molecule has 26 heavy (non-hydrogen) atoms. The molecule has 0 radical (unpaired) electrons. The van der Waals surface area contributed by atoms with E-state index in [0.717, 1.165) is 4.90 Å².